The number of amides is 1. The first-order valence-electron chi connectivity index (χ1n) is 10.7. The second-order valence-corrected chi connectivity index (χ2v) is 7.83. The number of nitrogens with zero attached hydrogens (tertiary/aromatic N) is 2. The molecule has 0 atom stereocenters. The average molecular weight is 427 g/mol. The van der Waals surface area contributed by atoms with Crippen LogP contribution in [0.1, 0.15) is 39.9 Å². The van der Waals surface area contributed by atoms with Gasteiger partial charge < -0.3 is 14.9 Å². The highest BCUT2D eigenvalue weighted by Crippen LogP contribution is 2.22. The largest absolute Gasteiger partial charge is 0.344 e. The number of hydrogen-bond acceptors (Lipinski definition) is 3. The van der Waals surface area contributed by atoms with E-state index in [0.29, 0.717) is 30.0 Å². The summed E-state index contributed by atoms with van der Waals surface area (Å²) >= 11 is 0. The molecule has 0 saturated carbocycles. The summed E-state index contributed by atoms with van der Waals surface area (Å²) in [7, 11) is 0. The van der Waals surface area contributed by atoms with Crippen molar-refractivity contribution in [3.8, 4) is 11.4 Å². The first-order chi connectivity index (χ1) is 15.4. The van der Waals surface area contributed by atoms with Crippen LogP contribution >= 0.6 is 0 Å². The Hall–Kier alpha value is -3.93. The Morgan fingerprint density at radius 1 is 1.03 bits per heavy atom. The number of carbonyl (C=O) groups excluding carboxylic acids is 1. The van der Waals surface area contributed by atoms with Gasteiger partial charge in [0.1, 0.15) is 5.82 Å². The van der Waals surface area contributed by atoms with Gasteiger partial charge in [-0.15, -0.1) is 0 Å². The summed E-state index contributed by atoms with van der Waals surface area (Å²) < 4.78 is 2.14. The van der Waals surface area contributed by atoms with Crippen molar-refractivity contribution in [3.05, 3.63) is 105 Å². The van der Waals surface area contributed by atoms with Gasteiger partial charge in [0.2, 0.25) is 0 Å². The van der Waals surface area contributed by atoms with Crippen LogP contribution in [0.2, 0.25) is 0 Å². The molecule has 0 saturated heterocycles. The summed E-state index contributed by atoms with van der Waals surface area (Å²) in [5.74, 6) is 0.324. The number of anilines is 1. The van der Waals surface area contributed by atoms with Crippen LogP contribution in [0.25, 0.3) is 11.4 Å². The van der Waals surface area contributed by atoms with E-state index in [1.165, 1.54) is 11.6 Å². The van der Waals surface area contributed by atoms with Crippen LogP contribution in [0, 0.1) is 13.8 Å². The number of rotatable bonds is 6. The number of aromatic nitrogens is 3. The van der Waals surface area contributed by atoms with Crippen molar-refractivity contribution in [1.82, 2.24) is 14.5 Å². The van der Waals surface area contributed by atoms with Crippen LogP contribution in [0.4, 0.5) is 5.69 Å². The lowest BCUT2D eigenvalue weighted by Gasteiger charge is -2.11. The summed E-state index contributed by atoms with van der Waals surface area (Å²) in [6, 6.07) is 20.9. The predicted octanol–water partition coefficient (Wildman–Crippen LogP) is 4.72. The SMILES string of the molecule is CCc1cc(=O)[nH]c(-c2cccc(NC(=O)c3cc(C)n(Cc4ccccc4)c3C)c2)n1. The summed E-state index contributed by atoms with van der Waals surface area (Å²) in [5.41, 5.74) is 5.70. The number of carbonyl (C=O) groups is 1. The maximum atomic E-state index is 13.1. The van der Waals surface area contributed by atoms with Gasteiger partial charge in [-0.25, -0.2) is 4.98 Å². The fourth-order valence-corrected chi connectivity index (χ4v) is 3.81. The van der Waals surface area contributed by atoms with E-state index in [4.69, 9.17) is 0 Å². The van der Waals surface area contributed by atoms with Crippen molar-refractivity contribution in [1.29, 1.82) is 0 Å². The molecule has 0 aliphatic rings. The summed E-state index contributed by atoms with van der Waals surface area (Å²) in [6.07, 6.45) is 0.673. The highest BCUT2D eigenvalue weighted by Gasteiger charge is 2.16. The molecule has 2 aromatic heterocycles. The van der Waals surface area contributed by atoms with Crippen LogP contribution in [-0.2, 0) is 13.0 Å². The van der Waals surface area contributed by atoms with Gasteiger partial charge in [0, 0.05) is 40.9 Å². The average Bonchev–Trinajstić information content (AvgIpc) is 3.08. The van der Waals surface area contributed by atoms with Gasteiger partial charge in [0.05, 0.1) is 5.56 Å². The van der Waals surface area contributed by atoms with Crippen LogP contribution < -0.4 is 10.9 Å². The van der Waals surface area contributed by atoms with E-state index >= 15 is 0 Å². The van der Waals surface area contributed by atoms with Gasteiger partial charge >= 0.3 is 0 Å². The first-order valence-corrected chi connectivity index (χ1v) is 10.7. The van der Waals surface area contributed by atoms with E-state index in [0.717, 1.165) is 22.6 Å². The number of H-pyrrole nitrogens is 1. The van der Waals surface area contributed by atoms with Gasteiger partial charge in [0.25, 0.3) is 11.5 Å². The molecule has 2 aromatic carbocycles. The van der Waals surface area contributed by atoms with Crippen molar-refractivity contribution < 1.29 is 4.79 Å². The van der Waals surface area contributed by atoms with Gasteiger partial charge in [-0.2, -0.15) is 0 Å². The number of hydrogen-bond donors (Lipinski definition) is 2. The molecule has 0 aliphatic carbocycles. The van der Waals surface area contributed by atoms with E-state index in [-0.39, 0.29) is 11.5 Å². The van der Waals surface area contributed by atoms with E-state index < -0.39 is 0 Å². The molecule has 6 heteroatoms. The number of aryl methyl sites for hydroxylation is 2. The third-order valence-corrected chi connectivity index (χ3v) is 5.55. The summed E-state index contributed by atoms with van der Waals surface area (Å²) in [6.45, 7) is 6.65. The number of nitrogens with one attached hydrogen (secondary N) is 2. The van der Waals surface area contributed by atoms with E-state index in [9.17, 15) is 9.59 Å². The lowest BCUT2D eigenvalue weighted by Crippen LogP contribution is -2.14. The molecular formula is C26H26N4O2. The molecule has 0 aliphatic heterocycles. The molecule has 0 radical (unpaired) electrons. The lowest BCUT2D eigenvalue weighted by atomic mass is 10.1. The van der Waals surface area contributed by atoms with Gasteiger partial charge in [0.15, 0.2) is 0 Å². The monoisotopic (exact) mass is 426 g/mol. The second-order valence-electron chi connectivity index (χ2n) is 7.83. The molecule has 0 bridgehead atoms. The number of benzene rings is 2. The minimum absolute atomic E-state index is 0.168. The molecule has 162 valence electrons. The summed E-state index contributed by atoms with van der Waals surface area (Å²) in [4.78, 5) is 32.3. The third kappa shape index (κ3) is 4.54. The van der Waals surface area contributed by atoms with Crippen molar-refractivity contribution in [2.75, 3.05) is 5.32 Å². The van der Waals surface area contributed by atoms with Crippen molar-refractivity contribution in [3.63, 3.8) is 0 Å². The van der Waals surface area contributed by atoms with Crippen LogP contribution in [0.15, 0.2) is 71.5 Å². The molecule has 2 heterocycles. The van der Waals surface area contributed by atoms with Crippen molar-refractivity contribution in [2.45, 2.75) is 33.7 Å². The highest BCUT2D eigenvalue weighted by molar-refractivity contribution is 6.05. The minimum Gasteiger partial charge on any atom is -0.344 e. The van der Waals surface area contributed by atoms with Crippen LogP contribution in [-0.4, -0.2) is 20.4 Å². The highest BCUT2D eigenvalue weighted by atomic mass is 16.1. The zero-order valence-electron chi connectivity index (χ0n) is 18.5. The molecule has 32 heavy (non-hydrogen) atoms. The Morgan fingerprint density at radius 2 is 1.81 bits per heavy atom. The molecule has 4 rings (SSSR count). The molecule has 0 fully saturated rings. The van der Waals surface area contributed by atoms with Gasteiger partial charge in [-0.05, 0) is 44.0 Å². The molecular weight excluding hydrogens is 400 g/mol. The standard InChI is InChI=1S/C26H26N4O2/c1-4-21-15-24(31)29-25(27-21)20-11-8-12-22(14-20)28-26(32)23-13-17(2)30(18(23)3)16-19-9-6-5-7-10-19/h5-15H,4,16H2,1-3H3,(H,28,32)(H,27,29,31). The van der Waals surface area contributed by atoms with Gasteiger partial charge in [-0.1, -0.05) is 49.4 Å². The minimum atomic E-state index is -0.188. The Balaban J connectivity index is 1.58. The van der Waals surface area contributed by atoms with Crippen molar-refractivity contribution >= 4 is 11.6 Å². The molecule has 0 spiro atoms. The molecule has 6 nitrogen and oxygen atoms in total. The maximum absolute atomic E-state index is 13.1. The molecule has 1 amide bonds. The zero-order chi connectivity index (χ0) is 22.7. The van der Waals surface area contributed by atoms with E-state index in [2.05, 4.69) is 32.0 Å². The molecule has 0 unspecified atom stereocenters. The fourth-order valence-electron chi connectivity index (χ4n) is 3.81. The maximum Gasteiger partial charge on any atom is 0.257 e. The van der Waals surface area contributed by atoms with Gasteiger partial charge in [-0.3, -0.25) is 9.59 Å². The second kappa shape index (κ2) is 9.06. The quantitative estimate of drug-likeness (QED) is 0.468. The Morgan fingerprint density at radius 3 is 2.56 bits per heavy atom. The van der Waals surface area contributed by atoms with E-state index in [1.807, 2.05) is 69.3 Å². The molecule has 4 aromatic rings. The third-order valence-electron chi connectivity index (χ3n) is 5.55. The van der Waals surface area contributed by atoms with Crippen LogP contribution in [0.5, 0.6) is 0 Å². The topological polar surface area (TPSA) is 79.8 Å². The first kappa shape index (κ1) is 21.3. The fraction of sp³-hybridized carbons (Fsp3) is 0.192. The Bertz CT molecular complexity index is 1320. The summed E-state index contributed by atoms with van der Waals surface area (Å²) in [5, 5.41) is 2.98. The number of aromatic amines is 1. The van der Waals surface area contributed by atoms with Crippen LogP contribution in [0.3, 0.4) is 0 Å². The normalized spacial score (nSPS) is 10.8. The lowest BCUT2D eigenvalue weighted by molar-refractivity contribution is 0.102. The smallest absolute Gasteiger partial charge is 0.257 e. The van der Waals surface area contributed by atoms with Crippen molar-refractivity contribution in [2.24, 2.45) is 0 Å². The molecule has 2 N–H and O–H groups in total. The van der Waals surface area contributed by atoms with E-state index in [1.54, 1.807) is 0 Å². The predicted molar refractivity (Wildman–Crippen MR) is 127 cm³/mol. The zero-order valence-corrected chi connectivity index (χ0v) is 18.5. The Labute approximate surface area is 187 Å². The Kier molecular flexibility index (Phi) is 6.03.